The zero-order valence-corrected chi connectivity index (χ0v) is 14.7. The monoisotopic (exact) mass is 361 g/mol. The predicted molar refractivity (Wildman–Crippen MR) is 102 cm³/mol. The van der Waals surface area contributed by atoms with Gasteiger partial charge in [-0.2, -0.15) is 0 Å². The molecule has 1 aliphatic rings. The highest BCUT2D eigenvalue weighted by Crippen LogP contribution is 2.32. The number of benzene rings is 3. The second-order valence-corrected chi connectivity index (χ2v) is 6.18. The first-order chi connectivity index (χ1) is 13.3. The summed E-state index contributed by atoms with van der Waals surface area (Å²) < 4.78 is 16.5. The first-order valence-electron chi connectivity index (χ1n) is 8.78. The first kappa shape index (κ1) is 17.0. The number of para-hydroxylation sites is 1. The van der Waals surface area contributed by atoms with Gasteiger partial charge in [0, 0.05) is 18.2 Å². The maximum absolute atomic E-state index is 12.3. The molecule has 0 saturated heterocycles. The van der Waals surface area contributed by atoms with Gasteiger partial charge in [-0.3, -0.25) is 4.79 Å². The van der Waals surface area contributed by atoms with Crippen LogP contribution in [-0.2, 0) is 11.2 Å². The Morgan fingerprint density at radius 3 is 2.59 bits per heavy atom. The van der Waals surface area contributed by atoms with Crippen LogP contribution in [0.5, 0.6) is 23.0 Å². The summed E-state index contributed by atoms with van der Waals surface area (Å²) in [5, 5.41) is 2.92. The number of ether oxygens (including phenoxy) is 3. The molecule has 3 aromatic carbocycles. The first-order valence-corrected chi connectivity index (χ1v) is 8.78. The molecule has 0 fully saturated rings. The minimum absolute atomic E-state index is 0.0514. The second kappa shape index (κ2) is 7.83. The van der Waals surface area contributed by atoms with E-state index in [-0.39, 0.29) is 12.7 Å². The largest absolute Gasteiger partial charge is 0.457 e. The van der Waals surface area contributed by atoms with Crippen LogP contribution in [0.15, 0.2) is 72.8 Å². The van der Waals surface area contributed by atoms with Gasteiger partial charge in [0.1, 0.15) is 11.5 Å². The number of fused-ring (bicyclic) bond motifs is 1. The number of hydrogen-bond acceptors (Lipinski definition) is 4. The van der Waals surface area contributed by atoms with Crippen molar-refractivity contribution < 1.29 is 19.0 Å². The van der Waals surface area contributed by atoms with Gasteiger partial charge >= 0.3 is 0 Å². The standard InChI is InChI=1S/C22H19NO4/c24-22(12-10-16-9-11-20-21(13-16)26-15-25-20)23-17-5-4-8-19(14-17)27-18-6-2-1-3-7-18/h1-9,11,13-14H,10,12,15H2,(H,23,24). The number of nitrogens with one attached hydrogen (secondary N) is 1. The van der Waals surface area contributed by atoms with Crippen LogP contribution in [0.3, 0.4) is 0 Å². The van der Waals surface area contributed by atoms with E-state index in [1.807, 2.05) is 72.8 Å². The lowest BCUT2D eigenvalue weighted by Crippen LogP contribution is -2.12. The summed E-state index contributed by atoms with van der Waals surface area (Å²) >= 11 is 0. The summed E-state index contributed by atoms with van der Waals surface area (Å²) in [6.07, 6.45) is 1.01. The quantitative estimate of drug-likeness (QED) is 0.686. The molecule has 0 unspecified atom stereocenters. The van der Waals surface area contributed by atoms with Crippen LogP contribution in [0.25, 0.3) is 0 Å². The molecule has 1 amide bonds. The average molecular weight is 361 g/mol. The van der Waals surface area contributed by atoms with Crippen molar-refractivity contribution >= 4 is 11.6 Å². The molecule has 1 heterocycles. The molecule has 0 aliphatic carbocycles. The van der Waals surface area contributed by atoms with Gasteiger partial charge in [0.05, 0.1) is 0 Å². The van der Waals surface area contributed by atoms with E-state index in [0.717, 1.165) is 22.8 Å². The molecule has 0 saturated carbocycles. The van der Waals surface area contributed by atoms with Gasteiger partial charge in [-0.25, -0.2) is 0 Å². The van der Waals surface area contributed by atoms with Crippen molar-refractivity contribution in [2.24, 2.45) is 0 Å². The SMILES string of the molecule is O=C(CCc1ccc2c(c1)OCO2)Nc1cccc(Oc2ccccc2)c1. The maximum atomic E-state index is 12.3. The fourth-order valence-corrected chi connectivity index (χ4v) is 2.84. The van der Waals surface area contributed by atoms with Crippen molar-refractivity contribution in [3.63, 3.8) is 0 Å². The Hall–Kier alpha value is -3.47. The Balaban J connectivity index is 1.33. The lowest BCUT2D eigenvalue weighted by Gasteiger charge is -2.09. The van der Waals surface area contributed by atoms with E-state index in [9.17, 15) is 4.79 Å². The fraction of sp³-hybridized carbons (Fsp3) is 0.136. The average Bonchev–Trinajstić information content (AvgIpc) is 3.15. The van der Waals surface area contributed by atoms with Crippen molar-refractivity contribution in [1.82, 2.24) is 0 Å². The Bertz CT molecular complexity index is 940. The summed E-state index contributed by atoms with van der Waals surface area (Å²) in [6.45, 7) is 0.251. The molecule has 0 aromatic heterocycles. The zero-order valence-electron chi connectivity index (χ0n) is 14.7. The van der Waals surface area contributed by atoms with E-state index in [0.29, 0.717) is 24.3 Å². The number of amides is 1. The fourth-order valence-electron chi connectivity index (χ4n) is 2.84. The van der Waals surface area contributed by atoms with E-state index < -0.39 is 0 Å². The lowest BCUT2D eigenvalue weighted by atomic mass is 10.1. The number of carbonyl (C=O) groups excluding carboxylic acids is 1. The molecule has 0 radical (unpaired) electrons. The van der Waals surface area contributed by atoms with Crippen LogP contribution < -0.4 is 19.5 Å². The minimum atomic E-state index is -0.0514. The van der Waals surface area contributed by atoms with E-state index in [1.54, 1.807) is 0 Å². The van der Waals surface area contributed by atoms with Crippen molar-refractivity contribution in [1.29, 1.82) is 0 Å². The van der Waals surface area contributed by atoms with Crippen LogP contribution >= 0.6 is 0 Å². The third-order valence-corrected chi connectivity index (χ3v) is 4.17. The zero-order chi connectivity index (χ0) is 18.5. The summed E-state index contributed by atoms with van der Waals surface area (Å²) in [5.74, 6) is 2.86. The van der Waals surface area contributed by atoms with E-state index >= 15 is 0 Å². The second-order valence-electron chi connectivity index (χ2n) is 6.18. The number of hydrogen-bond donors (Lipinski definition) is 1. The molecule has 1 N–H and O–H groups in total. The third kappa shape index (κ3) is 4.39. The number of rotatable bonds is 6. The van der Waals surface area contributed by atoms with E-state index in [2.05, 4.69) is 5.32 Å². The van der Waals surface area contributed by atoms with Crippen molar-refractivity contribution in [2.45, 2.75) is 12.8 Å². The Labute approximate surface area is 157 Å². The topological polar surface area (TPSA) is 56.8 Å². The summed E-state index contributed by atoms with van der Waals surface area (Å²) in [4.78, 5) is 12.3. The number of anilines is 1. The smallest absolute Gasteiger partial charge is 0.231 e. The number of aryl methyl sites for hydroxylation is 1. The molecule has 1 aliphatic heterocycles. The van der Waals surface area contributed by atoms with Crippen LogP contribution in [-0.4, -0.2) is 12.7 Å². The molecule has 5 nitrogen and oxygen atoms in total. The van der Waals surface area contributed by atoms with Gasteiger partial charge in [0.2, 0.25) is 12.7 Å². The highest BCUT2D eigenvalue weighted by molar-refractivity contribution is 5.91. The van der Waals surface area contributed by atoms with Crippen LogP contribution in [0.1, 0.15) is 12.0 Å². The molecule has 0 atom stereocenters. The molecular weight excluding hydrogens is 342 g/mol. The van der Waals surface area contributed by atoms with Crippen LogP contribution in [0.4, 0.5) is 5.69 Å². The van der Waals surface area contributed by atoms with Gasteiger partial charge in [0.15, 0.2) is 11.5 Å². The van der Waals surface area contributed by atoms with E-state index in [1.165, 1.54) is 0 Å². The maximum Gasteiger partial charge on any atom is 0.231 e. The van der Waals surface area contributed by atoms with Gasteiger partial charge < -0.3 is 19.5 Å². The summed E-state index contributed by atoms with van der Waals surface area (Å²) in [5.41, 5.74) is 1.75. The van der Waals surface area contributed by atoms with E-state index in [4.69, 9.17) is 14.2 Å². The molecular formula is C22H19NO4. The van der Waals surface area contributed by atoms with Crippen molar-refractivity contribution in [3.8, 4) is 23.0 Å². The number of carbonyl (C=O) groups is 1. The van der Waals surface area contributed by atoms with Gasteiger partial charge in [-0.05, 0) is 48.4 Å². The van der Waals surface area contributed by atoms with Crippen LogP contribution in [0, 0.1) is 0 Å². The Morgan fingerprint density at radius 1 is 0.889 bits per heavy atom. The Morgan fingerprint density at radius 2 is 1.70 bits per heavy atom. The van der Waals surface area contributed by atoms with Crippen LogP contribution in [0.2, 0.25) is 0 Å². The Kier molecular flexibility index (Phi) is 4.92. The van der Waals surface area contributed by atoms with Gasteiger partial charge in [-0.15, -0.1) is 0 Å². The van der Waals surface area contributed by atoms with Crippen molar-refractivity contribution in [3.05, 3.63) is 78.4 Å². The predicted octanol–water partition coefficient (Wildman–Crippen LogP) is 4.78. The molecule has 27 heavy (non-hydrogen) atoms. The molecule has 4 rings (SSSR count). The minimum Gasteiger partial charge on any atom is -0.457 e. The summed E-state index contributed by atoms with van der Waals surface area (Å²) in [6, 6.07) is 22.6. The highest BCUT2D eigenvalue weighted by Gasteiger charge is 2.13. The van der Waals surface area contributed by atoms with Gasteiger partial charge in [0.25, 0.3) is 0 Å². The molecule has 0 spiro atoms. The highest BCUT2D eigenvalue weighted by atomic mass is 16.7. The van der Waals surface area contributed by atoms with Gasteiger partial charge in [-0.1, -0.05) is 30.3 Å². The molecule has 136 valence electrons. The molecule has 0 bridgehead atoms. The summed E-state index contributed by atoms with van der Waals surface area (Å²) in [7, 11) is 0. The third-order valence-electron chi connectivity index (χ3n) is 4.17. The lowest BCUT2D eigenvalue weighted by molar-refractivity contribution is -0.116. The molecule has 3 aromatic rings. The molecule has 5 heteroatoms. The normalized spacial score (nSPS) is 11.9. The van der Waals surface area contributed by atoms with Crippen molar-refractivity contribution in [2.75, 3.05) is 12.1 Å².